The van der Waals surface area contributed by atoms with Gasteiger partial charge in [-0.2, -0.15) is 4.99 Å². The highest BCUT2D eigenvalue weighted by molar-refractivity contribution is 5.97. The van der Waals surface area contributed by atoms with Gasteiger partial charge in [-0.05, 0) is 63.1 Å². The molecule has 0 spiro atoms. The molecule has 1 aliphatic heterocycles. The van der Waals surface area contributed by atoms with Gasteiger partial charge in [0.25, 0.3) is 11.5 Å². The molecule has 0 fully saturated rings. The average molecular weight is 533 g/mol. The summed E-state index contributed by atoms with van der Waals surface area (Å²) in [4.78, 5) is 49.3. The van der Waals surface area contributed by atoms with Crippen LogP contribution in [0.5, 0.6) is 11.5 Å². The summed E-state index contributed by atoms with van der Waals surface area (Å²) in [5.41, 5.74) is 1.49. The summed E-state index contributed by atoms with van der Waals surface area (Å²) in [7, 11) is 0. The number of aromatic nitrogens is 3. The van der Waals surface area contributed by atoms with Crippen molar-refractivity contribution in [2.45, 2.75) is 33.7 Å². The van der Waals surface area contributed by atoms with Crippen LogP contribution in [0.25, 0.3) is 16.7 Å². The number of ether oxygens (including phenoxy) is 4. The molecule has 0 unspecified atom stereocenters. The number of carbonyl (C=O) groups is 2. The van der Waals surface area contributed by atoms with E-state index in [1.807, 2.05) is 19.9 Å². The van der Waals surface area contributed by atoms with Gasteiger partial charge in [0.1, 0.15) is 16.9 Å². The van der Waals surface area contributed by atoms with Crippen LogP contribution in [0.1, 0.15) is 46.5 Å². The number of hydrogen-bond donors (Lipinski definition) is 0. The highest BCUT2D eigenvalue weighted by Gasteiger charge is 2.22. The zero-order chi connectivity index (χ0) is 27.5. The van der Waals surface area contributed by atoms with Crippen molar-refractivity contribution in [3.05, 3.63) is 75.1 Å². The fourth-order valence-corrected chi connectivity index (χ4v) is 4.44. The van der Waals surface area contributed by atoms with Crippen molar-refractivity contribution in [3.8, 4) is 11.5 Å². The molecule has 1 amide bonds. The van der Waals surface area contributed by atoms with E-state index in [2.05, 4.69) is 4.99 Å². The Morgan fingerprint density at radius 1 is 1.08 bits per heavy atom. The molecule has 11 heteroatoms. The number of benzene rings is 1. The summed E-state index contributed by atoms with van der Waals surface area (Å²) < 4.78 is 24.6. The van der Waals surface area contributed by atoms with Crippen LogP contribution in [0.4, 0.5) is 0 Å². The lowest BCUT2D eigenvalue weighted by Crippen LogP contribution is -2.33. The Kier molecular flexibility index (Phi) is 7.42. The first-order valence-electron chi connectivity index (χ1n) is 12.7. The van der Waals surface area contributed by atoms with Gasteiger partial charge in [-0.3, -0.25) is 14.0 Å². The normalized spacial score (nSPS) is 12.8. The SMILES string of the molecule is CCOCCCn1c(=NC(=O)c2ccc3c(c2)OCO3)c(C(=O)OCC)cc2c(=O)n3cccc(C)c3nc21. The summed E-state index contributed by atoms with van der Waals surface area (Å²) in [5, 5.41) is 0.201. The predicted molar refractivity (Wildman–Crippen MR) is 141 cm³/mol. The number of fused-ring (bicyclic) bond motifs is 3. The molecular formula is C28H28N4O7. The van der Waals surface area contributed by atoms with Crippen molar-refractivity contribution >= 4 is 28.6 Å². The van der Waals surface area contributed by atoms with E-state index in [0.717, 1.165) is 5.56 Å². The second kappa shape index (κ2) is 11.1. The second-order valence-corrected chi connectivity index (χ2v) is 8.83. The van der Waals surface area contributed by atoms with E-state index in [9.17, 15) is 14.4 Å². The van der Waals surface area contributed by atoms with E-state index in [1.54, 1.807) is 42.0 Å². The number of nitrogens with zero attached hydrogens (tertiary/aromatic N) is 4. The fraction of sp³-hybridized carbons (Fsp3) is 0.321. The number of aryl methyl sites for hydroxylation is 2. The second-order valence-electron chi connectivity index (χ2n) is 8.83. The molecule has 4 aromatic rings. The Labute approximate surface area is 223 Å². The first kappa shape index (κ1) is 26.1. The largest absolute Gasteiger partial charge is 0.462 e. The molecule has 11 nitrogen and oxygen atoms in total. The molecule has 0 atom stereocenters. The van der Waals surface area contributed by atoms with Gasteiger partial charge in [0, 0.05) is 31.5 Å². The van der Waals surface area contributed by atoms with Crippen molar-refractivity contribution in [2.75, 3.05) is 26.6 Å². The fourth-order valence-electron chi connectivity index (χ4n) is 4.44. The van der Waals surface area contributed by atoms with Crippen molar-refractivity contribution < 1.29 is 28.5 Å². The smallest absolute Gasteiger partial charge is 0.341 e. The van der Waals surface area contributed by atoms with Gasteiger partial charge in [0.15, 0.2) is 17.0 Å². The zero-order valence-corrected chi connectivity index (χ0v) is 21.9. The Morgan fingerprint density at radius 3 is 2.69 bits per heavy atom. The van der Waals surface area contributed by atoms with E-state index >= 15 is 0 Å². The maximum Gasteiger partial charge on any atom is 0.341 e. The van der Waals surface area contributed by atoms with Crippen LogP contribution in [0.2, 0.25) is 0 Å². The maximum absolute atomic E-state index is 13.6. The zero-order valence-electron chi connectivity index (χ0n) is 21.9. The molecule has 1 aromatic carbocycles. The quantitative estimate of drug-likeness (QED) is 0.193. The van der Waals surface area contributed by atoms with Crippen LogP contribution >= 0.6 is 0 Å². The van der Waals surface area contributed by atoms with Crippen LogP contribution in [0.15, 0.2) is 52.4 Å². The summed E-state index contributed by atoms with van der Waals surface area (Å²) in [6.07, 6.45) is 2.15. The highest BCUT2D eigenvalue weighted by atomic mass is 16.7. The predicted octanol–water partition coefficient (Wildman–Crippen LogP) is 3.03. The molecule has 1 aliphatic rings. The monoisotopic (exact) mass is 532 g/mol. The van der Waals surface area contributed by atoms with Crippen molar-refractivity contribution in [1.29, 1.82) is 0 Å². The maximum atomic E-state index is 13.6. The number of esters is 1. The van der Waals surface area contributed by atoms with Crippen LogP contribution in [0, 0.1) is 6.92 Å². The van der Waals surface area contributed by atoms with Crippen LogP contribution in [-0.4, -0.2) is 52.4 Å². The summed E-state index contributed by atoms with van der Waals surface area (Å²) >= 11 is 0. The summed E-state index contributed by atoms with van der Waals surface area (Å²) in [5.74, 6) is -0.349. The lowest BCUT2D eigenvalue weighted by molar-refractivity contribution is 0.0523. The third kappa shape index (κ3) is 5.00. The van der Waals surface area contributed by atoms with Gasteiger partial charge in [-0.1, -0.05) is 6.07 Å². The number of rotatable bonds is 8. The minimum absolute atomic E-state index is 0.0126. The number of pyridine rings is 2. The lowest BCUT2D eigenvalue weighted by Gasteiger charge is -2.15. The molecule has 0 saturated carbocycles. The molecule has 0 aliphatic carbocycles. The average Bonchev–Trinajstić information content (AvgIpc) is 3.40. The number of hydrogen-bond acceptors (Lipinski definition) is 8. The van der Waals surface area contributed by atoms with Gasteiger partial charge >= 0.3 is 5.97 Å². The minimum atomic E-state index is -0.705. The Balaban J connectivity index is 1.80. The molecule has 3 aromatic heterocycles. The summed E-state index contributed by atoms with van der Waals surface area (Å²) in [6, 6.07) is 9.76. The number of amides is 1. The molecule has 202 valence electrons. The van der Waals surface area contributed by atoms with E-state index in [-0.39, 0.29) is 47.5 Å². The Hall–Kier alpha value is -4.51. The first-order chi connectivity index (χ1) is 18.9. The standard InChI is InChI=1S/C28H28N4O7/c1-4-36-13-7-12-31-24-19(27(34)32-11-6-8-17(3)23(32)29-24)15-20(28(35)37-5-2)25(31)30-26(33)18-9-10-21-22(14-18)39-16-38-21/h6,8-11,14-15H,4-5,7,12-13,16H2,1-3H3. The highest BCUT2D eigenvalue weighted by Crippen LogP contribution is 2.32. The van der Waals surface area contributed by atoms with Gasteiger partial charge in [0.2, 0.25) is 6.79 Å². The Bertz CT molecular complexity index is 1720. The van der Waals surface area contributed by atoms with E-state index in [4.69, 9.17) is 23.9 Å². The molecule has 4 heterocycles. The van der Waals surface area contributed by atoms with Crippen molar-refractivity contribution in [1.82, 2.24) is 14.0 Å². The van der Waals surface area contributed by atoms with Gasteiger partial charge < -0.3 is 23.5 Å². The van der Waals surface area contributed by atoms with Gasteiger partial charge in [-0.15, -0.1) is 0 Å². The van der Waals surface area contributed by atoms with Crippen LogP contribution in [-0.2, 0) is 16.0 Å². The third-order valence-corrected chi connectivity index (χ3v) is 6.30. The van der Waals surface area contributed by atoms with Gasteiger partial charge in [0.05, 0.1) is 12.0 Å². The summed E-state index contributed by atoms with van der Waals surface area (Å²) in [6.45, 7) is 6.84. The van der Waals surface area contributed by atoms with Crippen LogP contribution < -0.4 is 20.5 Å². The molecule has 0 radical (unpaired) electrons. The van der Waals surface area contributed by atoms with Crippen molar-refractivity contribution in [2.24, 2.45) is 4.99 Å². The molecule has 5 rings (SSSR count). The van der Waals surface area contributed by atoms with Crippen LogP contribution in [0.3, 0.4) is 0 Å². The third-order valence-electron chi connectivity index (χ3n) is 6.30. The van der Waals surface area contributed by atoms with Gasteiger partial charge in [-0.25, -0.2) is 9.78 Å². The van der Waals surface area contributed by atoms with E-state index in [1.165, 1.54) is 10.5 Å². The Morgan fingerprint density at radius 2 is 1.90 bits per heavy atom. The molecule has 0 saturated heterocycles. The minimum Gasteiger partial charge on any atom is -0.462 e. The molecule has 39 heavy (non-hydrogen) atoms. The molecular weight excluding hydrogens is 504 g/mol. The van der Waals surface area contributed by atoms with E-state index < -0.39 is 11.9 Å². The van der Waals surface area contributed by atoms with E-state index in [0.29, 0.717) is 42.4 Å². The first-order valence-corrected chi connectivity index (χ1v) is 12.7. The topological polar surface area (TPSA) is 123 Å². The van der Waals surface area contributed by atoms with Crippen molar-refractivity contribution in [3.63, 3.8) is 0 Å². The molecule has 0 N–H and O–H groups in total. The lowest BCUT2D eigenvalue weighted by atomic mass is 10.1. The molecule has 0 bridgehead atoms. The number of carbonyl (C=O) groups excluding carboxylic acids is 2.